The Hall–Kier alpha value is -3.37. The number of amides is 2. The Morgan fingerprint density at radius 1 is 1.00 bits per heavy atom. The minimum absolute atomic E-state index is 0.0576. The first-order chi connectivity index (χ1) is 17.0. The van der Waals surface area contributed by atoms with Crippen LogP contribution in [0.25, 0.3) is 17.0 Å². The van der Waals surface area contributed by atoms with E-state index >= 15 is 0 Å². The monoisotopic (exact) mass is 564 g/mol. The number of primary sulfonamides is 1. The van der Waals surface area contributed by atoms with Crippen molar-refractivity contribution in [2.75, 3.05) is 5.88 Å². The first kappa shape index (κ1) is 26.7. The van der Waals surface area contributed by atoms with Crippen LogP contribution in [0.15, 0.2) is 47.5 Å². The Kier molecular flexibility index (Phi) is 6.62. The molecule has 2 aromatic carbocycles. The molecule has 1 aliphatic heterocycles. The van der Waals surface area contributed by atoms with Gasteiger partial charge in [-0.15, -0.1) is 0 Å². The third-order valence-corrected chi connectivity index (χ3v) is 6.73. The van der Waals surface area contributed by atoms with E-state index in [2.05, 4.69) is 5.10 Å². The number of benzene rings is 2. The maximum absolute atomic E-state index is 13.5. The van der Waals surface area contributed by atoms with Gasteiger partial charge in [-0.05, 0) is 53.2 Å². The van der Waals surface area contributed by atoms with Gasteiger partial charge >= 0.3 is 12.4 Å². The summed E-state index contributed by atoms with van der Waals surface area (Å²) in [5, 5.41) is 8.53. The van der Waals surface area contributed by atoms with Gasteiger partial charge in [0, 0.05) is 5.39 Å². The van der Waals surface area contributed by atoms with E-state index in [1.54, 1.807) is 0 Å². The molecule has 1 aliphatic rings. The van der Waals surface area contributed by atoms with Crippen molar-refractivity contribution in [1.82, 2.24) is 14.7 Å². The number of fused-ring (bicyclic) bond motifs is 1. The van der Waals surface area contributed by atoms with Crippen molar-refractivity contribution in [1.29, 1.82) is 0 Å². The number of carbonyl (C=O) groups is 2. The van der Waals surface area contributed by atoms with E-state index in [1.165, 1.54) is 35.2 Å². The number of nitrogens with zero attached hydrogens (tertiary/aromatic N) is 3. The molecule has 0 atom stereocenters. The number of sulfonamides is 1. The highest BCUT2D eigenvalue weighted by Gasteiger charge is 2.39. The molecule has 8 nitrogen and oxygen atoms in total. The first-order valence-electron chi connectivity index (χ1n) is 10.0. The van der Waals surface area contributed by atoms with Crippen molar-refractivity contribution >= 4 is 49.9 Å². The fourth-order valence-corrected chi connectivity index (χ4v) is 5.09. The minimum Gasteiger partial charge on any atom is -0.268 e. The Morgan fingerprint density at radius 2 is 1.70 bits per heavy atom. The average Bonchev–Trinajstić information content (AvgIpc) is 3.27. The fourth-order valence-electron chi connectivity index (χ4n) is 3.58. The van der Waals surface area contributed by atoms with Crippen LogP contribution < -0.4 is 5.14 Å². The molecule has 4 rings (SSSR count). The third-order valence-electron chi connectivity index (χ3n) is 5.21. The van der Waals surface area contributed by atoms with E-state index in [1.807, 2.05) is 0 Å². The molecule has 196 valence electrons. The zero-order chi connectivity index (χ0) is 27.3. The number of alkyl halides is 6. The molecule has 2 N–H and O–H groups in total. The number of nitrogens with two attached hydrogens (primary N) is 1. The third kappa shape index (κ3) is 5.80. The normalized spacial score (nSPS) is 16.4. The number of carbonyl (C=O) groups excluding carboxylic acids is 2. The lowest BCUT2D eigenvalue weighted by Gasteiger charge is -2.16. The topological polar surface area (TPSA) is 115 Å². The van der Waals surface area contributed by atoms with Gasteiger partial charge in [0.05, 0.1) is 34.3 Å². The predicted octanol–water partition coefficient (Wildman–Crippen LogP) is 4.40. The molecule has 0 saturated carbocycles. The van der Waals surface area contributed by atoms with Crippen LogP contribution in [0.1, 0.15) is 22.3 Å². The first-order valence-corrected chi connectivity index (χ1v) is 12.5. The lowest BCUT2D eigenvalue weighted by molar-refractivity contribution is -0.143. The smallest absolute Gasteiger partial charge is 0.268 e. The Labute approximate surface area is 208 Å². The second kappa shape index (κ2) is 9.18. The summed E-state index contributed by atoms with van der Waals surface area (Å²) in [6.45, 7) is -0.470. The molecule has 0 radical (unpaired) electrons. The van der Waals surface area contributed by atoms with Gasteiger partial charge in [0.25, 0.3) is 11.1 Å². The molecule has 0 aliphatic carbocycles. The van der Waals surface area contributed by atoms with Crippen molar-refractivity contribution in [3.63, 3.8) is 0 Å². The second-order valence-electron chi connectivity index (χ2n) is 7.89. The van der Waals surface area contributed by atoms with Crippen LogP contribution in [0.3, 0.4) is 0 Å². The number of thioether (sulfide) groups is 1. The molecule has 37 heavy (non-hydrogen) atoms. The quantitative estimate of drug-likeness (QED) is 0.363. The highest BCUT2D eigenvalue weighted by Crippen LogP contribution is 2.38. The summed E-state index contributed by atoms with van der Waals surface area (Å²) in [6, 6.07) is 5.85. The average molecular weight is 564 g/mol. The van der Waals surface area contributed by atoms with E-state index in [0.29, 0.717) is 39.2 Å². The van der Waals surface area contributed by atoms with E-state index in [0.717, 1.165) is 6.07 Å². The van der Waals surface area contributed by atoms with Crippen molar-refractivity contribution < 1.29 is 44.3 Å². The molecule has 2 amide bonds. The van der Waals surface area contributed by atoms with Gasteiger partial charge in [0.2, 0.25) is 10.0 Å². The van der Waals surface area contributed by atoms with Gasteiger partial charge in [-0.1, -0.05) is 12.1 Å². The minimum atomic E-state index is -5.03. The van der Waals surface area contributed by atoms with Crippen molar-refractivity contribution in [2.45, 2.75) is 18.9 Å². The van der Waals surface area contributed by atoms with Crippen LogP contribution in [0, 0.1) is 0 Å². The van der Waals surface area contributed by atoms with Crippen LogP contribution in [-0.4, -0.2) is 40.1 Å². The van der Waals surface area contributed by atoms with Crippen molar-refractivity contribution in [3.8, 4) is 0 Å². The standard InChI is InChI=1S/C21H14F6N4O4S2/c22-20(23,24)14-3-2-12(15(7-14)21(25,26)27)9-31-16-4-1-11(5-13(16)8-29-31)6-17-18(32)30(19(33)36-17)10-37(28,34)35/h1-8H,9-10H2,(H2,28,34,35)/b17-6-. The van der Waals surface area contributed by atoms with Crippen LogP contribution in [0.4, 0.5) is 31.1 Å². The molecular weight excluding hydrogens is 550 g/mol. The number of rotatable bonds is 5. The molecule has 1 aromatic heterocycles. The highest BCUT2D eigenvalue weighted by atomic mass is 32.2. The summed E-state index contributed by atoms with van der Waals surface area (Å²) >= 11 is 0.507. The molecule has 1 saturated heterocycles. The summed E-state index contributed by atoms with van der Waals surface area (Å²) in [6.07, 6.45) is -7.33. The highest BCUT2D eigenvalue weighted by molar-refractivity contribution is 8.18. The fraction of sp³-hybridized carbons (Fsp3) is 0.190. The number of hydrogen-bond donors (Lipinski definition) is 1. The van der Waals surface area contributed by atoms with Gasteiger partial charge in [0.1, 0.15) is 5.88 Å². The molecule has 16 heteroatoms. The SMILES string of the molecule is NS(=O)(=O)CN1C(=O)S/C(=C\c2ccc3c(cnn3Cc3ccc(C(F)(F)F)cc3C(F)(F)F)c2)C1=O. The Bertz CT molecular complexity index is 1560. The summed E-state index contributed by atoms with van der Waals surface area (Å²) in [5.74, 6) is -1.84. The van der Waals surface area contributed by atoms with Gasteiger partial charge in [-0.25, -0.2) is 13.6 Å². The molecule has 0 unspecified atom stereocenters. The lowest BCUT2D eigenvalue weighted by Crippen LogP contribution is -2.36. The number of hydrogen-bond acceptors (Lipinski definition) is 6. The van der Waals surface area contributed by atoms with Gasteiger partial charge in [0.15, 0.2) is 0 Å². The van der Waals surface area contributed by atoms with Crippen LogP contribution in [0.5, 0.6) is 0 Å². The van der Waals surface area contributed by atoms with Gasteiger partial charge < -0.3 is 0 Å². The maximum atomic E-state index is 13.5. The Morgan fingerprint density at radius 3 is 2.32 bits per heavy atom. The number of aromatic nitrogens is 2. The number of imide groups is 1. The maximum Gasteiger partial charge on any atom is 0.416 e. The number of halogens is 6. The largest absolute Gasteiger partial charge is 0.416 e. The molecule has 3 aromatic rings. The summed E-state index contributed by atoms with van der Waals surface area (Å²) < 4.78 is 103. The van der Waals surface area contributed by atoms with Crippen LogP contribution in [0.2, 0.25) is 0 Å². The van der Waals surface area contributed by atoms with Crippen LogP contribution in [-0.2, 0) is 33.7 Å². The molecular formula is C21H14F6N4O4S2. The molecule has 1 fully saturated rings. The van der Waals surface area contributed by atoms with E-state index in [9.17, 15) is 44.3 Å². The van der Waals surface area contributed by atoms with E-state index in [-0.39, 0.29) is 11.0 Å². The van der Waals surface area contributed by atoms with Gasteiger partial charge in [-0.2, -0.15) is 31.4 Å². The summed E-state index contributed by atoms with van der Waals surface area (Å²) in [5.41, 5.74) is -2.52. The zero-order valence-electron chi connectivity index (χ0n) is 18.2. The van der Waals surface area contributed by atoms with Gasteiger partial charge in [-0.3, -0.25) is 19.2 Å². The molecule has 0 spiro atoms. The van der Waals surface area contributed by atoms with Crippen molar-refractivity contribution in [2.24, 2.45) is 5.14 Å². The molecule has 2 heterocycles. The lowest BCUT2D eigenvalue weighted by atomic mass is 10.0. The zero-order valence-corrected chi connectivity index (χ0v) is 19.8. The Balaban J connectivity index is 1.63. The summed E-state index contributed by atoms with van der Waals surface area (Å²) in [7, 11) is -4.14. The van der Waals surface area contributed by atoms with Crippen molar-refractivity contribution in [3.05, 3.63) is 69.8 Å². The summed E-state index contributed by atoms with van der Waals surface area (Å²) in [4.78, 5) is 24.8. The second-order valence-corrected chi connectivity index (χ2v) is 10.5. The predicted molar refractivity (Wildman–Crippen MR) is 121 cm³/mol. The van der Waals surface area contributed by atoms with E-state index < -0.39 is 62.6 Å². The molecule has 0 bridgehead atoms. The van der Waals surface area contributed by atoms with Crippen LogP contribution >= 0.6 is 11.8 Å². The van der Waals surface area contributed by atoms with E-state index in [4.69, 9.17) is 5.14 Å².